The molecule has 2 aromatic rings. The highest BCUT2D eigenvalue weighted by Gasteiger charge is 1.91. The molecule has 0 aliphatic rings. The number of benzene rings is 2. The summed E-state index contributed by atoms with van der Waals surface area (Å²) in [4.78, 5) is 0. The summed E-state index contributed by atoms with van der Waals surface area (Å²) in [5.74, 6) is 1.37. The van der Waals surface area contributed by atoms with Crippen molar-refractivity contribution >= 4 is 0 Å². The van der Waals surface area contributed by atoms with Crippen molar-refractivity contribution in [3.8, 4) is 17.2 Å². The molecule has 2 rings (SSSR count). The Hall–Kier alpha value is -2.16. The van der Waals surface area contributed by atoms with E-state index in [2.05, 4.69) is 6.92 Å². The third-order valence-corrected chi connectivity index (χ3v) is 2.83. The van der Waals surface area contributed by atoms with Gasteiger partial charge in [-0.1, -0.05) is 25.5 Å². The van der Waals surface area contributed by atoms with Gasteiger partial charge in [0, 0.05) is 0 Å². The normalized spacial score (nSPS) is 9.50. The molecule has 0 fully saturated rings. The second kappa shape index (κ2) is 8.86. The highest BCUT2D eigenvalue weighted by Crippen LogP contribution is 2.14. The van der Waals surface area contributed by atoms with Crippen LogP contribution in [0, 0.1) is 0 Å². The van der Waals surface area contributed by atoms with Crippen molar-refractivity contribution in [2.45, 2.75) is 26.2 Å². The highest BCUT2D eigenvalue weighted by molar-refractivity contribution is 5.29. The maximum atomic E-state index is 8.98. The van der Waals surface area contributed by atoms with Gasteiger partial charge in [0.15, 0.2) is 0 Å². The van der Waals surface area contributed by atoms with E-state index in [0.29, 0.717) is 5.75 Å². The van der Waals surface area contributed by atoms with Crippen LogP contribution in [0.25, 0.3) is 0 Å². The smallest absolute Gasteiger partial charge is 0.119 e. The fourth-order valence-corrected chi connectivity index (χ4v) is 1.63. The largest absolute Gasteiger partial charge is 0.508 e. The quantitative estimate of drug-likeness (QED) is 0.881. The van der Waals surface area contributed by atoms with Gasteiger partial charge in [0.1, 0.15) is 17.2 Å². The Labute approximate surface area is 120 Å². The molecule has 2 N–H and O–H groups in total. The molecule has 0 unspecified atom stereocenters. The van der Waals surface area contributed by atoms with E-state index in [4.69, 9.17) is 14.9 Å². The molecular weight excluding hydrogens is 252 g/mol. The van der Waals surface area contributed by atoms with E-state index in [1.165, 1.54) is 18.4 Å². The summed E-state index contributed by atoms with van der Waals surface area (Å²) in [6.07, 6.45) is 3.57. The number of hydrogen-bond acceptors (Lipinski definition) is 3. The fourth-order valence-electron chi connectivity index (χ4n) is 1.63. The van der Waals surface area contributed by atoms with Crippen LogP contribution in [0.3, 0.4) is 0 Å². The Morgan fingerprint density at radius 1 is 0.850 bits per heavy atom. The highest BCUT2D eigenvalue weighted by atomic mass is 16.5. The second-order valence-electron chi connectivity index (χ2n) is 4.47. The minimum Gasteiger partial charge on any atom is -0.508 e. The van der Waals surface area contributed by atoms with Crippen molar-refractivity contribution in [3.05, 3.63) is 54.1 Å². The lowest BCUT2D eigenvalue weighted by Gasteiger charge is -1.98. The average molecular weight is 274 g/mol. The number of aromatic hydroxyl groups is 2. The van der Waals surface area contributed by atoms with Crippen molar-refractivity contribution < 1.29 is 14.9 Å². The molecule has 0 aliphatic carbocycles. The molecule has 0 saturated heterocycles. The molecule has 20 heavy (non-hydrogen) atoms. The van der Waals surface area contributed by atoms with Crippen LogP contribution in [-0.2, 0) is 6.42 Å². The van der Waals surface area contributed by atoms with Crippen LogP contribution >= 0.6 is 0 Å². The van der Waals surface area contributed by atoms with Crippen molar-refractivity contribution in [2.75, 3.05) is 7.11 Å². The predicted molar refractivity (Wildman–Crippen MR) is 81.4 cm³/mol. The van der Waals surface area contributed by atoms with Crippen LogP contribution in [0.4, 0.5) is 0 Å². The minimum atomic E-state index is 0.260. The summed E-state index contributed by atoms with van der Waals surface area (Å²) in [6, 6.07) is 14.0. The van der Waals surface area contributed by atoms with Gasteiger partial charge >= 0.3 is 0 Å². The summed E-state index contributed by atoms with van der Waals surface area (Å²) in [5, 5.41) is 17.8. The molecule has 0 spiro atoms. The van der Waals surface area contributed by atoms with Gasteiger partial charge in [0.25, 0.3) is 0 Å². The Bertz CT molecular complexity index is 475. The molecule has 0 heterocycles. The van der Waals surface area contributed by atoms with Crippen LogP contribution in [0.2, 0.25) is 0 Å². The predicted octanol–water partition coefficient (Wildman–Crippen LogP) is 4.14. The monoisotopic (exact) mass is 274 g/mol. The van der Waals surface area contributed by atoms with Gasteiger partial charge in [-0.05, 0) is 54.8 Å². The van der Waals surface area contributed by atoms with E-state index in [-0.39, 0.29) is 5.75 Å². The van der Waals surface area contributed by atoms with E-state index in [1.807, 2.05) is 12.1 Å². The van der Waals surface area contributed by atoms with Crippen LogP contribution in [0.15, 0.2) is 48.5 Å². The van der Waals surface area contributed by atoms with Crippen LogP contribution in [0.5, 0.6) is 17.2 Å². The molecule has 0 radical (unpaired) electrons. The Morgan fingerprint density at radius 3 is 1.80 bits per heavy atom. The standard InChI is InChI=1S/C10H14O.C7H8O2/c1-2-3-4-9-5-7-10(11)8-6-9;1-9-7-4-2-6(8)3-5-7/h5-8,11H,2-4H2,1H3;2-5,8H,1H3. The number of phenolic OH excluding ortho intramolecular Hbond substituents is 2. The number of phenols is 2. The molecule has 0 aliphatic heterocycles. The number of methoxy groups -OCH3 is 1. The van der Waals surface area contributed by atoms with Crippen molar-refractivity contribution in [3.63, 3.8) is 0 Å². The summed E-state index contributed by atoms with van der Waals surface area (Å²) >= 11 is 0. The number of unbranched alkanes of at least 4 members (excludes halogenated alkanes) is 1. The lowest BCUT2D eigenvalue weighted by molar-refractivity contribution is 0.412. The maximum absolute atomic E-state index is 8.98. The first-order valence-electron chi connectivity index (χ1n) is 6.76. The molecule has 108 valence electrons. The lowest BCUT2D eigenvalue weighted by atomic mass is 10.1. The summed E-state index contributed by atoms with van der Waals surface area (Å²) < 4.78 is 4.86. The van der Waals surface area contributed by atoms with Gasteiger partial charge in [-0.15, -0.1) is 0 Å². The summed E-state index contributed by atoms with van der Waals surface area (Å²) in [7, 11) is 1.59. The van der Waals surface area contributed by atoms with Crippen molar-refractivity contribution in [1.29, 1.82) is 0 Å². The zero-order chi connectivity index (χ0) is 14.8. The average Bonchev–Trinajstić information content (AvgIpc) is 2.48. The van der Waals surface area contributed by atoms with Gasteiger partial charge in [-0.2, -0.15) is 0 Å². The number of hydrogen-bond donors (Lipinski definition) is 2. The molecule has 0 bridgehead atoms. The van der Waals surface area contributed by atoms with Crippen molar-refractivity contribution in [2.24, 2.45) is 0 Å². The van der Waals surface area contributed by atoms with Crippen LogP contribution < -0.4 is 4.74 Å². The van der Waals surface area contributed by atoms with Crippen LogP contribution in [-0.4, -0.2) is 17.3 Å². The fraction of sp³-hybridized carbons (Fsp3) is 0.294. The van der Waals surface area contributed by atoms with Gasteiger partial charge in [0.05, 0.1) is 7.11 Å². The topological polar surface area (TPSA) is 49.7 Å². The zero-order valence-corrected chi connectivity index (χ0v) is 12.0. The van der Waals surface area contributed by atoms with Crippen LogP contribution in [0.1, 0.15) is 25.3 Å². The first-order chi connectivity index (χ1) is 9.65. The van der Waals surface area contributed by atoms with Gasteiger partial charge < -0.3 is 14.9 Å². The Balaban J connectivity index is 0.000000204. The molecule has 0 saturated carbocycles. The number of aryl methyl sites for hydroxylation is 1. The van der Waals surface area contributed by atoms with E-state index < -0.39 is 0 Å². The molecule has 2 aromatic carbocycles. The van der Waals surface area contributed by atoms with Gasteiger partial charge in [-0.25, -0.2) is 0 Å². The third kappa shape index (κ3) is 6.14. The number of ether oxygens (including phenoxy) is 1. The molecule has 3 heteroatoms. The Morgan fingerprint density at radius 2 is 1.35 bits per heavy atom. The third-order valence-electron chi connectivity index (χ3n) is 2.83. The summed E-state index contributed by atoms with van der Waals surface area (Å²) in [5.41, 5.74) is 1.31. The molecular formula is C17H22O3. The molecule has 0 amide bonds. The first-order valence-corrected chi connectivity index (χ1v) is 6.76. The Kier molecular flexibility index (Phi) is 7.04. The maximum Gasteiger partial charge on any atom is 0.119 e. The van der Waals surface area contributed by atoms with E-state index in [9.17, 15) is 0 Å². The van der Waals surface area contributed by atoms with Gasteiger partial charge in [-0.3, -0.25) is 0 Å². The lowest BCUT2D eigenvalue weighted by Crippen LogP contribution is -1.82. The SMILES string of the molecule is CCCCc1ccc(O)cc1.COc1ccc(O)cc1. The molecule has 3 nitrogen and oxygen atoms in total. The molecule has 0 aromatic heterocycles. The van der Waals surface area contributed by atoms with E-state index >= 15 is 0 Å². The van der Waals surface area contributed by atoms with E-state index in [1.54, 1.807) is 43.5 Å². The zero-order valence-electron chi connectivity index (χ0n) is 12.0. The van der Waals surface area contributed by atoms with Gasteiger partial charge in [0.2, 0.25) is 0 Å². The second-order valence-corrected chi connectivity index (χ2v) is 4.47. The van der Waals surface area contributed by atoms with Crippen molar-refractivity contribution in [1.82, 2.24) is 0 Å². The van der Waals surface area contributed by atoms with E-state index in [0.717, 1.165) is 12.2 Å². The molecule has 0 atom stereocenters. The summed E-state index contributed by atoms with van der Waals surface area (Å²) in [6.45, 7) is 2.18. The number of rotatable bonds is 4. The minimum absolute atomic E-state index is 0.260. The first kappa shape index (κ1) is 15.9.